The Hall–Kier alpha value is 0.720. The molecule has 2 rings (SSSR count). The summed E-state index contributed by atoms with van der Waals surface area (Å²) in [7, 11) is -0.284. The summed E-state index contributed by atoms with van der Waals surface area (Å²) in [6.07, 6.45) is 16.1. The lowest BCUT2D eigenvalue weighted by atomic mass is 10.2. The highest BCUT2D eigenvalue weighted by molar-refractivity contribution is 7.76. The number of hydrogen-bond donors (Lipinski definition) is 0. The minimum Gasteiger partial charge on any atom is -1.00 e. The van der Waals surface area contributed by atoms with E-state index in [-0.39, 0.29) is 19.7 Å². The van der Waals surface area contributed by atoms with Crippen LogP contribution in [0.1, 0.15) is 38.5 Å². The van der Waals surface area contributed by atoms with Crippen LogP contribution >= 0.6 is 7.26 Å². The molecule has 1 spiro atoms. The Morgan fingerprint density at radius 3 is 1.17 bits per heavy atom. The van der Waals surface area contributed by atoms with E-state index in [0.717, 1.165) is 0 Å². The summed E-state index contributed by atoms with van der Waals surface area (Å²) < 4.78 is 0. The minimum atomic E-state index is -0.284. The first kappa shape index (κ1) is 10.8. The first-order valence-corrected chi connectivity index (χ1v) is 7.79. The van der Waals surface area contributed by atoms with Crippen molar-refractivity contribution >= 4 is 7.26 Å². The van der Waals surface area contributed by atoms with Crippen molar-refractivity contribution in [1.29, 1.82) is 0 Å². The summed E-state index contributed by atoms with van der Waals surface area (Å²) in [5, 5.41) is 0. The average molecular weight is 207 g/mol. The zero-order valence-electron chi connectivity index (χ0n) is 7.90. The van der Waals surface area contributed by atoms with Crippen molar-refractivity contribution in [2.45, 2.75) is 38.5 Å². The molecule has 72 valence electrons. The van der Waals surface area contributed by atoms with Crippen molar-refractivity contribution in [3.63, 3.8) is 0 Å². The van der Waals surface area contributed by atoms with Crippen LogP contribution in [0, 0.1) is 0 Å². The first-order valence-electron chi connectivity index (χ1n) is 5.26. The number of hydrogen-bond acceptors (Lipinski definition) is 0. The van der Waals surface area contributed by atoms with Gasteiger partial charge in [0.15, 0.2) is 0 Å². The summed E-state index contributed by atoms with van der Waals surface area (Å²) in [5.41, 5.74) is 0. The molecule has 2 saturated heterocycles. The third-order valence-corrected chi connectivity index (χ3v) is 8.59. The molecule has 0 amide bonds. The van der Waals surface area contributed by atoms with E-state index in [2.05, 4.69) is 0 Å². The lowest BCUT2D eigenvalue weighted by molar-refractivity contribution is -0.00000242. The number of rotatable bonds is 0. The maximum Gasteiger partial charge on any atom is 0.0594 e. The van der Waals surface area contributed by atoms with Crippen LogP contribution in [0.5, 0.6) is 0 Å². The van der Waals surface area contributed by atoms with Crippen LogP contribution in [0.3, 0.4) is 0 Å². The van der Waals surface area contributed by atoms with Crippen molar-refractivity contribution in [3.8, 4) is 0 Å². The molecule has 2 aliphatic heterocycles. The van der Waals surface area contributed by atoms with Gasteiger partial charge < -0.3 is 12.4 Å². The van der Waals surface area contributed by atoms with Crippen LogP contribution in [-0.2, 0) is 0 Å². The number of halogens is 1. The van der Waals surface area contributed by atoms with Crippen molar-refractivity contribution < 1.29 is 12.4 Å². The molecule has 0 saturated carbocycles. The van der Waals surface area contributed by atoms with Crippen molar-refractivity contribution in [2.75, 3.05) is 24.6 Å². The molecular formula is C10H20ClP. The third kappa shape index (κ3) is 2.36. The fourth-order valence-corrected chi connectivity index (χ4v) is 7.73. The Balaban J connectivity index is 0.000000720. The normalized spacial score (nSPS) is 28.0. The quantitative estimate of drug-likeness (QED) is 0.503. The second-order valence-electron chi connectivity index (χ2n) is 4.36. The second kappa shape index (κ2) is 4.82. The molecule has 0 atom stereocenters. The van der Waals surface area contributed by atoms with Gasteiger partial charge in [-0.3, -0.25) is 0 Å². The molecule has 0 aliphatic carbocycles. The Labute approximate surface area is 83.2 Å². The Morgan fingerprint density at radius 1 is 0.500 bits per heavy atom. The Morgan fingerprint density at radius 2 is 0.833 bits per heavy atom. The maximum absolute atomic E-state index is 1.67. The van der Waals surface area contributed by atoms with Gasteiger partial charge in [0.25, 0.3) is 0 Å². The van der Waals surface area contributed by atoms with E-state index in [9.17, 15) is 0 Å². The molecule has 0 N–H and O–H groups in total. The SMILES string of the molecule is C1CC[P+]2(CC1)CCCCC2.[Cl-]. The standard InChI is InChI=1S/C10H20P.ClH/c1-3-7-11(8-4-1)9-5-2-6-10-11;/h1-10H2;1H/q+1;/p-1. The Bertz CT molecular complexity index is 104. The first-order chi connectivity index (χ1) is 5.41. The largest absolute Gasteiger partial charge is 1.00 e. The minimum absolute atomic E-state index is 0. The Kier molecular flexibility index (Phi) is 4.34. The molecule has 2 heterocycles. The van der Waals surface area contributed by atoms with Crippen molar-refractivity contribution in [2.24, 2.45) is 0 Å². The molecule has 0 radical (unpaired) electrons. The summed E-state index contributed by atoms with van der Waals surface area (Å²) in [6.45, 7) is 0. The van der Waals surface area contributed by atoms with Gasteiger partial charge in [-0.2, -0.15) is 0 Å². The highest BCUT2D eigenvalue weighted by atomic mass is 35.5. The van der Waals surface area contributed by atoms with Gasteiger partial charge in [-0.25, -0.2) is 0 Å². The van der Waals surface area contributed by atoms with Crippen LogP contribution in [0.2, 0.25) is 0 Å². The van der Waals surface area contributed by atoms with Crippen LogP contribution in [0.25, 0.3) is 0 Å². The van der Waals surface area contributed by atoms with E-state index in [1.807, 2.05) is 0 Å². The van der Waals surface area contributed by atoms with E-state index < -0.39 is 0 Å². The lowest BCUT2D eigenvalue weighted by Gasteiger charge is -2.33. The van der Waals surface area contributed by atoms with Gasteiger partial charge in [0.2, 0.25) is 0 Å². The molecule has 2 fully saturated rings. The summed E-state index contributed by atoms with van der Waals surface area (Å²) in [6, 6.07) is 0. The van der Waals surface area contributed by atoms with E-state index in [1.165, 1.54) is 0 Å². The van der Waals surface area contributed by atoms with Gasteiger partial charge in [-0.05, 0) is 38.5 Å². The monoisotopic (exact) mass is 206 g/mol. The molecule has 0 aromatic heterocycles. The van der Waals surface area contributed by atoms with E-state index >= 15 is 0 Å². The van der Waals surface area contributed by atoms with E-state index in [4.69, 9.17) is 0 Å². The maximum atomic E-state index is 1.67. The second-order valence-corrected chi connectivity index (χ2v) is 8.83. The van der Waals surface area contributed by atoms with Crippen LogP contribution in [0.4, 0.5) is 0 Å². The highest BCUT2D eigenvalue weighted by Gasteiger charge is 2.39. The van der Waals surface area contributed by atoms with Gasteiger partial charge >= 0.3 is 0 Å². The third-order valence-electron chi connectivity index (χ3n) is 3.53. The van der Waals surface area contributed by atoms with Gasteiger partial charge in [0.1, 0.15) is 0 Å². The average Bonchev–Trinajstić information content (AvgIpc) is 2.07. The predicted octanol–water partition coefficient (Wildman–Crippen LogP) is 0.376. The van der Waals surface area contributed by atoms with E-state index in [0.29, 0.717) is 0 Å². The van der Waals surface area contributed by atoms with Crippen LogP contribution in [0.15, 0.2) is 0 Å². The molecule has 2 aliphatic rings. The summed E-state index contributed by atoms with van der Waals surface area (Å²) >= 11 is 0. The smallest absolute Gasteiger partial charge is 0.0594 e. The zero-order chi connectivity index (χ0) is 7.57. The molecular weight excluding hydrogens is 187 g/mol. The van der Waals surface area contributed by atoms with Gasteiger partial charge in [0, 0.05) is 7.26 Å². The molecule has 2 heteroatoms. The van der Waals surface area contributed by atoms with Crippen molar-refractivity contribution in [1.82, 2.24) is 0 Å². The van der Waals surface area contributed by atoms with Gasteiger partial charge in [0.05, 0.1) is 24.6 Å². The fourth-order valence-electron chi connectivity index (χ4n) is 2.81. The molecule has 0 aromatic carbocycles. The lowest BCUT2D eigenvalue weighted by Crippen LogP contribution is -3.00. The molecule has 0 unspecified atom stereocenters. The summed E-state index contributed by atoms with van der Waals surface area (Å²) in [5.74, 6) is 0. The zero-order valence-corrected chi connectivity index (χ0v) is 9.55. The van der Waals surface area contributed by atoms with Crippen LogP contribution < -0.4 is 12.4 Å². The fraction of sp³-hybridized carbons (Fsp3) is 1.00. The predicted molar refractivity (Wildman–Crippen MR) is 54.1 cm³/mol. The molecule has 0 nitrogen and oxygen atoms in total. The van der Waals surface area contributed by atoms with Gasteiger partial charge in [-0.15, -0.1) is 0 Å². The molecule has 12 heavy (non-hydrogen) atoms. The topological polar surface area (TPSA) is 0 Å². The van der Waals surface area contributed by atoms with Crippen molar-refractivity contribution in [3.05, 3.63) is 0 Å². The van der Waals surface area contributed by atoms with E-state index in [1.54, 1.807) is 63.2 Å². The van der Waals surface area contributed by atoms with Crippen LogP contribution in [-0.4, -0.2) is 24.6 Å². The molecule has 0 bridgehead atoms. The highest BCUT2D eigenvalue weighted by Crippen LogP contribution is 2.64. The van der Waals surface area contributed by atoms with Gasteiger partial charge in [-0.1, -0.05) is 0 Å². The molecule has 0 aromatic rings. The summed E-state index contributed by atoms with van der Waals surface area (Å²) in [4.78, 5) is 0.